The van der Waals surface area contributed by atoms with Gasteiger partial charge in [0.2, 0.25) is 0 Å². The fraction of sp³-hybridized carbons (Fsp3) is 0.562. The molecule has 2 unspecified atom stereocenters. The van der Waals surface area contributed by atoms with E-state index in [0.717, 1.165) is 19.5 Å². The summed E-state index contributed by atoms with van der Waals surface area (Å²) in [4.78, 5) is 2.21. The maximum Gasteiger partial charge on any atom is 0.161 e. The van der Waals surface area contributed by atoms with Crippen LogP contribution in [0.25, 0.3) is 0 Å². The van der Waals surface area contributed by atoms with Crippen molar-refractivity contribution >= 4 is 5.69 Å². The van der Waals surface area contributed by atoms with Gasteiger partial charge in [-0.1, -0.05) is 19.1 Å². The average molecular weight is 273 g/mol. The van der Waals surface area contributed by atoms with Crippen LogP contribution in [-0.2, 0) is 4.74 Å². The van der Waals surface area contributed by atoms with Gasteiger partial charge >= 0.3 is 0 Å². The zero-order valence-electron chi connectivity index (χ0n) is 12.3. The molecule has 0 aliphatic carbocycles. The second-order valence-electron chi connectivity index (χ2n) is 5.20. The molecule has 108 valence electrons. The first-order chi connectivity index (χ1) is 9.74. The Bertz CT molecular complexity index is 452. The van der Waals surface area contributed by atoms with Crippen molar-refractivity contribution in [1.29, 1.82) is 5.26 Å². The molecule has 4 heteroatoms. The largest absolute Gasteiger partial charge is 0.366 e. The Morgan fingerprint density at radius 3 is 2.85 bits per heavy atom. The lowest BCUT2D eigenvalue weighted by atomic mass is 10.1. The van der Waals surface area contributed by atoms with E-state index in [1.807, 2.05) is 0 Å². The minimum Gasteiger partial charge on any atom is -0.366 e. The quantitative estimate of drug-likeness (QED) is 0.895. The van der Waals surface area contributed by atoms with Crippen LogP contribution in [0.5, 0.6) is 0 Å². The summed E-state index contributed by atoms with van der Waals surface area (Å²) in [6.07, 6.45) is 0.833. The van der Waals surface area contributed by atoms with E-state index in [1.165, 1.54) is 11.3 Å². The number of ether oxygens (including phenoxy) is 1. The summed E-state index contributed by atoms with van der Waals surface area (Å²) in [5.41, 5.74) is 2.47. The molecule has 0 spiro atoms. The molecular weight excluding hydrogens is 250 g/mol. The van der Waals surface area contributed by atoms with Gasteiger partial charge in [-0.05, 0) is 37.6 Å². The van der Waals surface area contributed by atoms with Crippen LogP contribution in [0, 0.1) is 11.3 Å². The maximum atomic E-state index is 8.95. The van der Waals surface area contributed by atoms with Crippen LogP contribution in [0.4, 0.5) is 5.69 Å². The number of hydrogen-bond donors (Lipinski definition) is 1. The highest BCUT2D eigenvalue weighted by atomic mass is 16.5. The summed E-state index contributed by atoms with van der Waals surface area (Å²) < 4.78 is 5.37. The minimum atomic E-state index is -0.312. The van der Waals surface area contributed by atoms with Gasteiger partial charge in [0.1, 0.15) is 0 Å². The van der Waals surface area contributed by atoms with Gasteiger partial charge in [0.25, 0.3) is 0 Å². The molecule has 1 aromatic rings. The van der Waals surface area contributed by atoms with Crippen molar-refractivity contribution in [3.63, 3.8) is 0 Å². The molecule has 1 saturated heterocycles. The molecule has 2 rings (SSSR count). The van der Waals surface area contributed by atoms with E-state index >= 15 is 0 Å². The van der Waals surface area contributed by atoms with Crippen LogP contribution in [0.2, 0.25) is 0 Å². The number of nitriles is 1. The monoisotopic (exact) mass is 273 g/mol. The van der Waals surface area contributed by atoms with Gasteiger partial charge in [0.05, 0.1) is 19.2 Å². The number of benzene rings is 1. The predicted octanol–water partition coefficient (Wildman–Crippen LogP) is 2.48. The van der Waals surface area contributed by atoms with Crippen LogP contribution < -0.4 is 10.2 Å². The Labute approximate surface area is 121 Å². The fourth-order valence-electron chi connectivity index (χ4n) is 2.41. The molecule has 0 aromatic heterocycles. The zero-order valence-corrected chi connectivity index (χ0v) is 12.3. The van der Waals surface area contributed by atoms with Crippen molar-refractivity contribution in [1.82, 2.24) is 5.32 Å². The molecule has 0 bridgehead atoms. The summed E-state index contributed by atoms with van der Waals surface area (Å²) in [6, 6.07) is 11.2. The summed E-state index contributed by atoms with van der Waals surface area (Å²) in [5, 5.41) is 12.4. The molecular formula is C16H23N3O. The lowest BCUT2D eigenvalue weighted by molar-refractivity contribution is 0.0764. The average Bonchev–Trinajstić information content (AvgIpc) is 2.52. The highest BCUT2D eigenvalue weighted by Gasteiger charge is 2.20. The first kappa shape index (κ1) is 14.8. The standard InChI is InChI=1S/C16H23N3O/c1-3-8-18-13(2)14-4-6-15(7-5-14)19-9-10-20-16(11-17)12-19/h4-7,13,16,18H,3,8-10,12H2,1-2H3. The van der Waals surface area contributed by atoms with Gasteiger partial charge in [-0.2, -0.15) is 5.26 Å². The fourth-order valence-corrected chi connectivity index (χ4v) is 2.41. The third-order valence-electron chi connectivity index (χ3n) is 3.67. The summed E-state index contributed by atoms with van der Waals surface area (Å²) in [5.74, 6) is 0. The molecule has 20 heavy (non-hydrogen) atoms. The normalized spacial score (nSPS) is 20.4. The second-order valence-corrected chi connectivity index (χ2v) is 5.20. The number of rotatable bonds is 5. The van der Waals surface area contributed by atoms with E-state index < -0.39 is 0 Å². The maximum absolute atomic E-state index is 8.95. The van der Waals surface area contributed by atoms with Gasteiger partial charge in [0.15, 0.2) is 6.10 Å². The topological polar surface area (TPSA) is 48.3 Å². The Kier molecular flexibility index (Phi) is 5.40. The number of morpholine rings is 1. The third-order valence-corrected chi connectivity index (χ3v) is 3.67. The number of anilines is 1. The molecule has 0 amide bonds. The smallest absolute Gasteiger partial charge is 0.161 e. The molecule has 4 nitrogen and oxygen atoms in total. The van der Waals surface area contributed by atoms with Crippen LogP contribution in [0.1, 0.15) is 31.9 Å². The van der Waals surface area contributed by atoms with E-state index in [1.54, 1.807) is 0 Å². The lowest BCUT2D eigenvalue weighted by Gasteiger charge is -2.31. The summed E-state index contributed by atoms with van der Waals surface area (Å²) >= 11 is 0. The van der Waals surface area contributed by atoms with Gasteiger partial charge in [-0.3, -0.25) is 0 Å². The Morgan fingerprint density at radius 2 is 2.20 bits per heavy atom. The molecule has 1 aliphatic rings. The molecule has 1 fully saturated rings. The van der Waals surface area contributed by atoms with Crippen LogP contribution in [0.3, 0.4) is 0 Å². The van der Waals surface area contributed by atoms with Crippen molar-refractivity contribution in [2.75, 3.05) is 31.1 Å². The van der Waals surface area contributed by atoms with E-state index in [2.05, 4.69) is 54.4 Å². The minimum absolute atomic E-state index is 0.312. The van der Waals surface area contributed by atoms with Crippen LogP contribution >= 0.6 is 0 Å². The Hall–Kier alpha value is -1.57. The summed E-state index contributed by atoms with van der Waals surface area (Å²) in [7, 11) is 0. The molecule has 1 N–H and O–H groups in total. The number of nitrogens with one attached hydrogen (secondary N) is 1. The Balaban J connectivity index is 1.99. The van der Waals surface area contributed by atoms with Crippen molar-refractivity contribution in [2.24, 2.45) is 0 Å². The SMILES string of the molecule is CCCNC(C)c1ccc(N2CCOC(C#N)C2)cc1. The highest BCUT2D eigenvalue weighted by molar-refractivity contribution is 5.48. The first-order valence-electron chi connectivity index (χ1n) is 7.34. The highest BCUT2D eigenvalue weighted by Crippen LogP contribution is 2.21. The van der Waals surface area contributed by atoms with E-state index in [9.17, 15) is 0 Å². The predicted molar refractivity (Wildman–Crippen MR) is 80.7 cm³/mol. The van der Waals surface area contributed by atoms with Crippen molar-refractivity contribution in [3.8, 4) is 6.07 Å². The molecule has 1 aromatic carbocycles. The van der Waals surface area contributed by atoms with E-state index in [0.29, 0.717) is 19.2 Å². The molecule has 2 atom stereocenters. The van der Waals surface area contributed by atoms with E-state index in [4.69, 9.17) is 10.00 Å². The summed E-state index contributed by atoms with van der Waals surface area (Å²) in [6.45, 7) is 7.52. The van der Waals surface area contributed by atoms with E-state index in [-0.39, 0.29) is 6.10 Å². The molecule has 0 radical (unpaired) electrons. The first-order valence-corrected chi connectivity index (χ1v) is 7.34. The Morgan fingerprint density at radius 1 is 1.45 bits per heavy atom. The van der Waals surface area contributed by atoms with Crippen LogP contribution in [0.15, 0.2) is 24.3 Å². The molecule has 1 heterocycles. The van der Waals surface area contributed by atoms with Gasteiger partial charge in [0, 0.05) is 18.3 Å². The number of nitrogens with zero attached hydrogens (tertiary/aromatic N) is 2. The molecule has 1 aliphatic heterocycles. The van der Waals surface area contributed by atoms with Gasteiger partial charge in [-0.15, -0.1) is 0 Å². The van der Waals surface area contributed by atoms with Gasteiger partial charge in [-0.25, -0.2) is 0 Å². The lowest BCUT2D eigenvalue weighted by Crippen LogP contribution is -2.41. The third kappa shape index (κ3) is 3.72. The van der Waals surface area contributed by atoms with Crippen molar-refractivity contribution in [3.05, 3.63) is 29.8 Å². The van der Waals surface area contributed by atoms with Crippen molar-refractivity contribution < 1.29 is 4.74 Å². The molecule has 0 saturated carbocycles. The van der Waals surface area contributed by atoms with Gasteiger partial charge < -0.3 is 15.0 Å². The zero-order chi connectivity index (χ0) is 14.4. The van der Waals surface area contributed by atoms with Crippen LogP contribution in [-0.4, -0.2) is 32.3 Å². The number of hydrogen-bond acceptors (Lipinski definition) is 4. The van der Waals surface area contributed by atoms with Crippen molar-refractivity contribution in [2.45, 2.75) is 32.4 Å². The second kappa shape index (κ2) is 7.28.